The highest BCUT2D eigenvalue weighted by atomic mass is 16.2. The molecule has 0 aromatic carbocycles. The highest BCUT2D eigenvalue weighted by Crippen LogP contribution is 2.15. The summed E-state index contributed by atoms with van der Waals surface area (Å²) in [5.41, 5.74) is 4.42. The van der Waals surface area contributed by atoms with E-state index in [0.717, 1.165) is 12.8 Å². The van der Waals surface area contributed by atoms with Gasteiger partial charge in [0.05, 0.1) is 0 Å². The number of nitrogens with one attached hydrogen (secondary N) is 1. The molecule has 68 valence electrons. The van der Waals surface area contributed by atoms with Gasteiger partial charge in [0.15, 0.2) is 11.3 Å². The summed E-state index contributed by atoms with van der Waals surface area (Å²) in [6.07, 6.45) is 2.20. The van der Waals surface area contributed by atoms with Gasteiger partial charge in [0, 0.05) is 6.54 Å². The Kier molecular flexibility index (Phi) is 2.47. The van der Waals surface area contributed by atoms with Gasteiger partial charge in [0.1, 0.15) is 0 Å². The summed E-state index contributed by atoms with van der Waals surface area (Å²) in [6.45, 7) is 2.00. The SMILES string of the molecule is CC(=O)C1(N)CCCCNC1=O. The Morgan fingerprint density at radius 3 is 2.83 bits per heavy atom. The van der Waals surface area contributed by atoms with E-state index in [0.29, 0.717) is 13.0 Å². The molecule has 1 saturated heterocycles. The van der Waals surface area contributed by atoms with Gasteiger partial charge in [-0.1, -0.05) is 0 Å². The fourth-order valence-corrected chi connectivity index (χ4v) is 1.34. The van der Waals surface area contributed by atoms with Gasteiger partial charge in [-0.25, -0.2) is 0 Å². The van der Waals surface area contributed by atoms with Crippen molar-refractivity contribution >= 4 is 11.7 Å². The summed E-state index contributed by atoms with van der Waals surface area (Å²) in [5, 5.41) is 2.63. The number of rotatable bonds is 1. The molecule has 0 aliphatic carbocycles. The van der Waals surface area contributed by atoms with E-state index in [9.17, 15) is 9.59 Å². The normalized spacial score (nSPS) is 30.7. The second kappa shape index (κ2) is 3.23. The predicted octanol–water partition coefficient (Wildman–Crippen LogP) is -0.427. The summed E-state index contributed by atoms with van der Waals surface area (Å²) in [4.78, 5) is 22.4. The van der Waals surface area contributed by atoms with Crippen LogP contribution in [0.5, 0.6) is 0 Å². The first-order valence-corrected chi connectivity index (χ1v) is 4.15. The molecule has 1 aliphatic heterocycles. The van der Waals surface area contributed by atoms with Crippen molar-refractivity contribution in [2.45, 2.75) is 31.7 Å². The Labute approximate surface area is 71.5 Å². The van der Waals surface area contributed by atoms with Crippen LogP contribution in [0, 0.1) is 0 Å². The van der Waals surface area contributed by atoms with Gasteiger partial charge in [-0.2, -0.15) is 0 Å². The average molecular weight is 170 g/mol. The number of carbonyl (C=O) groups excluding carboxylic acids is 2. The molecule has 0 radical (unpaired) electrons. The maximum Gasteiger partial charge on any atom is 0.247 e. The van der Waals surface area contributed by atoms with Gasteiger partial charge < -0.3 is 11.1 Å². The smallest absolute Gasteiger partial charge is 0.247 e. The maximum absolute atomic E-state index is 11.3. The van der Waals surface area contributed by atoms with Crippen LogP contribution in [0.1, 0.15) is 26.2 Å². The quantitative estimate of drug-likeness (QED) is 0.525. The van der Waals surface area contributed by atoms with E-state index in [1.165, 1.54) is 6.92 Å². The van der Waals surface area contributed by atoms with Crippen LogP contribution in [0.2, 0.25) is 0 Å². The third-order valence-electron chi connectivity index (χ3n) is 2.32. The van der Waals surface area contributed by atoms with E-state index in [4.69, 9.17) is 5.73 Å². The van der Waals surface area contributed by atoms with Gasteiger partial charge in [-0.3, -0.25) is 9.59 Å². The topological polar surface area (TPSA) is 72.2 Å². The molecular formula is C8H14N2O2. The van der Waals surface area contributed by atoms with Crippen LogP contribution in [0.3, 0.4) is 0 Å². The molecule has 4 nitrogen and oxygen atoms in total. The van der Waals surface area contributed by atoms with E-state index < -0.39 is 5.54 Å². The Bertz CT molecular complexity index is 215. The molecule has 0 saturated carbocycles. The molecule has 0 aromatic heterocycles. The summed E-state index contributed by atoms with van der Waals surface area (Å²) in [5.74, 6) is -0.575. The molecular weight excluding hydrogens is 156 g/mol. The van der Waals surface area contributed by atoms with Crippen LogP contribution in [-0.4, -0.2) is 23.8 Å². The van der Waals surface area contributed by atoms with E-state index >= 15 is 0 Å². The Morgan fingerprint density at radius 2 is 2.25 bits per heavy atom. The Balaban J connectivity index is 2.83. The largest absolute Gasteiger partial charge is 0.354 e. The number of hydrogen-bond acceptors (Lipinski definition) is 3. The van der Waals surface area contributed by atoms with E-state index in [1.54, 1.807) is 0 Å². The zero-order chi connectivity index (χ0) is 9.19. The molecule has 1 unspecified atom stereocenters. The maximum atomic E-state index is 11.3. The third-order valence-corrected chi connectivity index (χ3v) is 2.32. The number of Topliss-reactive ketones (excluding diaryl/α,β-unsaturated/α-hetero) is 1. The molecule has 3 N–H and O–H groups in total. The highest BCUT2D eigenvalue weighted by Gasteiger charge is 2.39. The lowest BCUT2D eigenvalue weighted by atomic mass is 9.90. The van der Waals surface area contributed by atoms with Crippen LogP contribution in [-0.2, 0) is 9.59 Å². The molecule has 0 aromatic rings. The zero-order valence-corrected chi connectivity index (χ0v) is 7.22. The molecule has 1 atom stereocenters. The lowest BCUT2D eigenvalue weighted by Crippen LogP contribution is -2.57. The van der Waals surface area contributed by atoms with Crippen molar-refractivity contribution in [3.63, 3.8) is 0 Å². The number of ketones is 1. The number of hydrogen-bond donors (Lipinski definition) is 2. The molecule has 4 heteroatoms. The summed E-state index contributed by atoms with van der Waals surface area (Å²) >= 11 is 0. The van der Waals surface area contributed by atoms with Crippen molar-refractivity contribution in [3.8, 4) is 0 Å². The predicted molar refractivity (Wildman–Crippen MR) is 44.5 cm³/mol. The fourth-order valence-electron chi connectivity index (χ4n) is 1.34. The molecule has 1 aliphatic rings. The first-order valence-electron chi connectivity index (χ1n) is 4.15. The molecule has 1 fully saturated rings. The van der Waals surface area contributed by atoms with Crippen LogP contribution < -0.4 is 11.1 Å². The molecule has 1 rings (SSSR count). The van der Waals surface area contributed by atoms with Crippen LogP contribution in [0.25, 0.3) is 0 Å². The molecule has 12 heavy (non-hydrogen) atoms. The average Bonchev–Trinajstić information content (AvgIpc) is 2.16. The molecule has 0 bridgehead atoms. The van der Waals surface area contributed by atoms with Crippen molar-refractivity contribution in [1.29, 1.82) is 0 Å². The second-order valence-corrected chi connectivity index (χ2v) is 3.24. The van der Waals surface area contributed by atoms with E-state index in [-0.39, 0.29) is 11.7 Å². The molecule has 1 heterocycles. The van der Waals surface area contributed by atoms with Gasteiger partial charge >= 0.3 is 0 Å². The van der Waals surface area contributed by atoms with Gasteiger partial charge in [-0.15, -0.1) is 0 Å². The van der Waals surface area contributed by atoms with Gasteiger partial charge in [-0.05, 0) is 26.2 Å². The summed E-state index contributed by atoms with van der Waals surface area (Å²) in [7, 11) is 0. The van der Waals surface area contributed by atoms with Gasteiger partial charge in [0.25, 0.3) is 0 Å². The molecule has 0 spiro atoms. The number of carbonyl (C=O) groups is 2. The summed E-state index contributed by atoms with van der Waals surface area (Å²) < 4.78 is 0. The first kappa shape index (κ1) is 9.19. The minimum Gasteiger partial charge on any atom is -0.354 e. The third kappa shape index (κ3) is 1.48. The van der Waals surface area contributed by atoms with Crippen LogP contribution >= 0.6 is 0 Å². The lowest BCUT2D eigenvalue weighted by Gasteiger charge is -2.22. The number of amides is 1. The number of nitrogens with two attached hydrogens (primary N) is 1. The monoisotopic (exact) mass is 170 g/mol. The summed E-state index contributed by atoms with van der Waals surface area (Å²) in [6, 6.07) is 0. The minimum atomic E-state index is -1.27. The van der Waals surface area contributed by atoms with Crippen molar-refractivity contribution < 1.29 is 9.59 Å². The van der Waals surface area contributed by atoms with Gasteiger partial charge in [0.2, 0.25) is 5.91 Å². The van der Waals surface area contributed by atoms with Crippen molar-refractivity contribution in [1.82, 2.24) is 5.32 Å². The second-order valence-electron chi connectivity index (χ2n) is 3.24. The van der Waals surface area contributed by atoms with Crippen LogP contribution in [0.4, 0.5) is 0 Å². The van der Waals surface area contributed by atoms with Crippen molar-refractivity contribution in [2.75, 3.05) is 6.54 Å². The van der Waals surface area contributed by atoms with E-state index in [2.05, 4.69) is 5.32 Å². The van der Waals surface area contributed by atoms with Crippen molar-refractivity contribution in [2.24, 2.45) is 5.73 Å². The fraction of sp³-hybridized carbons (Fsp3) is 0.750. The van der Waals surface area contributed by atoms with E-state index in [1.807, 2.05) is 0 Å². The Morgan fingerprint density at radius 1 is 1.58 bits per heavy atom. The zero-order valence-electron chi connectivity index (χ0n) is 7.22. The standard InChI is InChI=1S/C8H14N2O2/c1-6(11)8(9)4-2-3-5-10-7(8)12/h2-5,9H2,1H3,(H,10,12). The molecule has 1 amide bonds. The lowest BCUT2D eigenvalue weighted by molar-refractivity contribution is -0.134. The Hall–Kier alpha value is -0.900. The minimum absolute atomic E-state index is 0.248. The van der Waals surface area contributed by atoms with Crippen LogP contribution in [0.15, 0.2) is 0 Å². The highest BCUT2D eigenvalue weighted by molar-refractivity contribution is 6.09. The van der Waals surface area contributed by atoms with Crippen molar-refractivity contribution in [3.05, 3.63) is 0 Å². The first-order chi connectivity index (χ1) is 5.57.